The van der Waals surface area contributed by atoms with Gasteiger partial charge in [-0.05, 0) is 24.3 Å². The van der Waals surface area contributed by atoms with Gasteiger partial charge in [0, 0.05) is 11.5 Å². The topological polar surface area (TPSA) is 151 Å². The Morgan fingerprint density at radius 3 is 1.93 bits per heavy atom. The van der Waals surface area contributed by atoms with E-state index in [1.165, 1.54) is 0 Å². The first-order valence-electron chi connectivity index (χ1n) is 8.69. The van der Waals surface area contributed by atoms with Crippen LogP contribution in [0, 0.1) is 5.92 Å². The van der Waals surface area contributed by atoms with Crippen LogP contribution in [0.2, 0.25) is 0 Å². The van der Waals surface area contributed by atoms with E-state index in [0.717, 1.165) is 0 Å². The maximum atomic E-state index is 12.6. The van der Waals surface area contributed by atoms with E-state index in [1.807, 2.05) is 6.26 Å². The SMILES string of the molecule is CSCCC(N)C(=O)NC(C(=O)NC(CS)C(=O)NC(CS)C(=O)O)C(C)C. The van der Waals surface area contributed by atoms with Crippen LogP contribution in [0.3, 0.4) is 0 Å². The van der Waals surface area contributed by atoms with Gasteiger partial charge in [0.2, 0.25) is 17.7 Å². The molecule has 0 aromatic rings. The number of aliphatic carboxylic acids is 1. The van der Waals surface area contributed by atoms with Gasteiger partial charge in [-0.2, -0.15) is 37.0 Å². The lowest BCUT2D eigenvalue weighted by Crippen LogP contribution is -2.59. The number of carboxylic acids is 1. The van der Waals surface area contributed by atoms with Gasteiger partial charge in [0.25, 0.3) is 0 Å². The third kappa shape index (κ3) is 9.39. The highest BCUT2D eigenvalue weighted by Crippen LogP contribution is 2.05. The predicted octanol–water partition coefficient (Wildman–Crippen LogP) is -0.879. The lowest BCUT2D eigenvalue weighted by atomic mass is 10.0. The van der Waals surface area contributed by atoms with Crippen LogP contribution in [0.1, 0.15) is 20.3 Å². The van der Waals surface area contributed by atoms with Crippen molar-refractivity contribution in [2.24, 2.45) is 11.7 Å². The summed E-state index contributed by atoms with van der Waals surface area (Å²) in [6.07, 6.45) is 2.38. The van der Waals surface area contributed by atoms with Crippen molar-refractivity contribution >= 4 is 60.7 Å². The summed E-state index contributed by atoms with van der Waals surface area (Å²) in [5.41, 5.74) is 5.83. The second-order valence-corrected chi connectivity index (χ2v) is 8.16. The zero-order chi connectivity index (χ0) is 21.9. The third-order valence-corrected chi connectivity index (χ3v) is 5.20. The number of carbonyl (C=O) groups excluding carboxylic acids is 3. The summed E-state index contributed by atoms with van der Waals surface area (Å²) in [5.74, 6) is -2.66. The van der Waals surface area contributed by atoms with E-state index in [9.17, 15) is 19.2 Å². The molecule has 28 heavy (non-hydrogen) atoms. The van der Waals surface area contributed by atoms with Gasteiger partial charge in [-0.1, -0.05) is 13.8 Å². The van der Waals surface area contributed by atoms with Crippen molar-refractivity contribution in [3.63, 3.8) is 0 Å². The molecule has 4 atom stereocenters. The molecule has 0 bridgehead atoms. The molecule has 0 rings (SSSR count). The van der Waals surface area contributed by atoms with E-state index in [4.69, 9.17) is 10.8 Å². The Morgan fingerprint density at radius 2 is 1.50 bits per heavy atom. The summed E-state index contributed by atoms with van der Waals surface area (Å²) < 4.78 is 0. The third-order valence-electron chi connectivity index (χ3n) is 3.83. The van der Waals surface area contributed by atoms with E-state index in [1.54, 1.807) is 25.6 Å². The second kappa shape index (κ2) is 14.0. The van der Waals surface area contributed by atoms with Gasteiger partial charge in [-0.15, -0.1) is 0 Å². The van der Waals surface area contributed by atoms with Gasteiger partial charge in [0.05, 0.1) is 6.04 Å². The van der Waals surface area contributed by atoms with Crippen LogP contribution in [-0.2, 0) is 19.2 Å². The van der Waals surface area contributed by atoms with Gasteiger partial charge in [-0.3, -0.25) is 14.4 Å². The molecule has 0 saturated carbocycles. The van der Waals surface area contributed by atoms with Gasteiger partial charge in [-0.25, -0.2) is 4.79 Å². The normalized spacial score (nSPS) is 15.2. The van der Waals surface area contributed by atoms with E-state index in [-0.39, 0.29) is 17.4 Å². The van der Waals surface area contributed by atoms with Crippen molar-refractivity contribution in [2.75, 3.05) is 23.5 Å². The van der Waals surface area contributed by atoms with Crippen LogP contribution in [0.5, 0.6) is 0 Å². The molecule has 0 spiro atoms. The Bertz CT molecular complexity index is 550. The van der Waals surface area contributed by atoms with Crippen LogP contribution in [-0.4, -0.2) is 76.5 Å². The molecule has 0 fully saturated rings. The van der Waals surface area contributed by atoms with Crippen LogP contribution in [0.15, 0.2) is 0 Å². The molecule has 3 amide bonds. The Labute approximate surface area is 180 Å². The van der Waals surface area contributed by atoms with Crippen LogP contribution in [0.25, 0.3) is 0 Å². The highest BCUT2D eigenvalue weighted by molar-refractivity contribution is 7.98. The monoisotopic (exact) mass is 454 g/mol. The Kier molecular flexibility index (Phi) is 13.4. The average Bonchev–Trinajstić information content (AvgIpc) is 2.64. The minimum atomic E-state index is -1.24. The molecule has 0 heterocycles. The Hall–Kier alpha value is -1.11. The first-order chi connectivity index (χ1) is 13.1. The Balaban J connectivity index is 5.02. The summed E-state index contributed by atoms with van der Waals surface area (Å²) >= 11 is 9.48. The fourth-order valence-corrected chi connectivity index (χ4v) is 3.08. The maximum absolute atomic E-state index is 12.6. The smallest absolute Gasteiger partial charge is 0.327 e. The molecule has 9 nitrogen and oxygen atoms in total. The quantitative estimate of drug-likeness (QED) is 0.179. The molecule has 4 unspecified atom stereocenters. The number of carboxylic acid groups (broad SMARTS) is 1. The number of nitrogens with two attached hydrogens (primary N) is 1. The van der Waals surface area contributed by atoms with Gasteiger partial charge >= 0.3 is 5.97 Å². The van der Waals surface area contributed by atoms with Crippen LogP contribution in [0.4, 0.5) is 0 Å². The molecule has 0 aliphatic rings. The number of thiol groups is 2. The largest absolute Gasteiger partial charge is 0.480 e. The van der Waals surface area contributed by atoms with Gasteiger partial charge in [0.1, 0.15) is 18.1 Å². The lowest BCUT2D eigenvalue weighted by molar-refractivity contribution is -0.141. The summed E-state index contributed by atoms with van der Waals surface area (Å²) in [5, 5.41) is 16.4. The van der Waals surface area contributed by atoms with Crippen LogP contribution < -0.4 is 21.7 Å². The molecule has 0 aliphatic carbocycles. The zero-order valence-electron chi connectivity index (χ0n) is 16.2. The molecular formula is C16H30N4O5S3. The molecular weight excluding hydrogens is 424 g/mol. The van der Waals surface area contributed by atoms with Crippen LogP contribution >= 0.6 is 37.0 Å². The number of carbonyl (C=O) groups is 4. The number of hydrogen-bond donors (Lipinski definition) is 7. The summed E-state index contributed by atoms with van der Waals surface area (Å²) in [7, 11) is 0. The van der Waals surface area contributed by atoms with E-state index in [0.29, 0.717) is 12.2 Å². The number of nitrogens with one attached hydrogen (secondary N) is 3. The molecule has 0 aliphatic heterocycles. The summed E-state index contributed by atoms with van der Waals surface area (Å²) in [4.78, 5) is 48.1. The fourth-order valence-electron chi connectivity index (χ4n) is 2.08. The minimum absolute atomic E-state index is 0.0531. The second-order valence-electron chi connectivity index (χ2n) is 6.44. The van der Waals surface area contributed by atoms with Crippen molar-refractivity contribution in [3.8, 4) is 0 Å². The van der Waals surface area contributed by atoms with E-state index >= 15 is 0 Å². The zero-order valence-corrected chi connectivity index (χ0v) is 18.8. The average molecular weight is 455 g/mol. The molecule has 162 valence electrons. The molecule has 0 radical (unpaired) electrons. The summed E-state index contributed by atoms with van der Waals surface area (Å²) in [6, 6.07) is -3.90. The molecule has 12 heteroatoms. The predicted molar refractivity (Wildman–Crippen MR) is 117 cm³/mol. The molecule has 0 saturated heterocycles. The molecule has 0 aromatic heterocycles. The van der Waals surface area contributed by atoms with Crippen molar-refractivity contribution in [3.05, 3.63) is 0 Å². The lowest BCUT2D eigenvalue weighted by Gasteiger charge is -2.26. The highest BCUT2D eigenvalue weighted by atomic mass is 32.2. The number of amides is 3. The number of thioether (sulfide) groups is 1. The Morgan fingerprint density at radius 1 is 0.964 bits per heavy atom. The van der Waals surface area contributed by atoms with Gasteiger partial charge in [0.15, 0.2) is 0 Å². The number of hydrogen-bond acceptors (Lipinski definition) is 8. The fraction of sp³-hybridized carbons (Fsp3) is 0.750. The van der Waals surface area contributed by atoms with Crippen molar-refractivity contribution in [2.45, 2.75) is 44.4 Å². The highest BCUT2D eigenvalue weighted by Gasteiger charge is 2.30. The maximum Gasteiger partial charge on any atom is 0.327 e. The van der Waals surface area contributed by atoms with Crippen molar-refractivity contribution in [1.29, 1.82) is 0 Å². The first kappa shape index (κ1) is 26.9. The minimum Gasteiger partial charge on any atom is -0.480 e. The first-order valence-corrected chi connectivity index (χ1v) is 11.3. The molecule has 6 N–H and O–H groups in total. The number of rotatable bonds is 13. The van der Waals surface area contributed by atoms with Crippen molar-refractivity contribution < 1.29 is 24.3 Å². The van der Waals surface area contributed by atoms with Crippen molar-refractivity contribution in [1.82, 2.24) is 16.0 Å². The summed E-state index contributed by atoms with van der Waals surface area (Å²) in [6.45, 7) is 3.49. The van der Waals surface area contributed by atoms with E-state index < -0.39 is 47.9 Å². The van der Waals surface area contributed by atoms with E-state index in [2.05, 4.69) is 41.2 Å². The van der Waals surface area contributed by atoms with Gasteiger partial charge < -0.3 is 26.8 Å². The standard InChI is InChI=1S/C16H30N4O5S3/c1-8(2)12(20-13(21)9(17)4-5-28-3)15(23)18-10(6-26)14(22)19-11(7-27)16(24)25/h8-12,26-27H,4-7,17H2,1-3H3,(H,18,23)(H,19,22)(H,20,21)(H,24,25). The molecule has 0 aromatic carbocycles.